The lowest BCUT2D eigenvalue weighted by Crippen LogP contribution is -2.32. The second kappa shape index (κ2) is 4.26. The van der Waals surface area contributed by atoms with Crippen molar-refractivity contribution in [3.63, 3.8) is 0 Å². The van der Waals surface area contributed by atoms with Gasteiger partial charge in [0.1, 0.15) is 5.75 Å². The standard InChI is InChI=1S/C13H15NO2S/c1-16-11-3-4-12-9(6-11)7-14-10(8-17-12)2-5-13(14)15/h3-4,6,10H,2,5,7-8H2,1H3/t10-/m1/s1. The maximum Gasteiger partial charge on any atom is 0.223 e. The fourth-order valence-corrected chi connectivity index (χ4v) is 3.69. The average Bonchev–Trinajstić information content (AvgIpc) is 2.61. The Balaban J connectivity index is 1.95. The Morgan fingerprint density at radius 2 is 2.35 bits per heavy atom. The normalized spacial score (nSPS) is 23.0. The number of benzene rings is 1. The zero-order valence-electron chi connectivity index (χ0n) is 9.81. The number of thioether (sulfide) groups is 1. The van der Waals surface area contributed by atoms with Crippen molar-refractivity contribution in [1.29, 1.82) is 0 Å². The molecule has 3 rings (SSSR count). The van der Waals surface area contributed by atoms with E-state index in [0.29, 0.717) is 18.4 Å². The van der Waals surface area contributed by atoms with Gasteiger partial charge in [-0.3, -0.25) is 4.79 Å². The summed E-state index contributed by atoms with van der Waals surface area (Å²) in [6, 6.07) is 6.57. The van der Waals surface area contributed by atoms with Gasteiger partial charge >= 0.3 is 0 Å². The van der Waals surface area contributed by atoms with Crippen LogP contribution in [0, 0.1) is 0 Å². The highest BCUT2D eigenvalue weighted by Crippen LogP contribution is 2.36. The largest absolute Gasteiger partial charge is 0.497 e. The highest BCUT2D eigenvalue weighted by atomic mass is 32.2. The topological polar surface area (TPSA) is 29.5 Å². The minimum atomic E-state index is 0.297. The predicted molar refractivity (Wildman–Crippen MR) is 67.3 cm³/mol. The Hall–Kier alpha value is -1.16. The third-order valence-electron chi connectivity index (χ3n) is 3.49. The van der Waals surface area contributed by atoms with E-state index in [1.54, 1.807) is 7.11 Å². The molecule has 3 nitrogen and oxygen atoms in total. The molecule has 0 aliphatic carbocycles. The molecule has 1 aromatic rings. The van der Waals surface area contributed by atoms with Crippen molar-refractivity contribution in [3.05, 3.63) is 23.8 Å². The Morgan fingerprint density at radius 3 is 3.18 bits per heavy atom. The van der Waals surface area contributed by atoms with E-state index in [9.17, 15) is 4.79 Å². The van der Waals surface area contributed by atoms with E-state index in [1.165, 1.54) is 10.5 Å². The maximum atomic E-state index is 11.8. The van der Waals surface area contributed by atoms with Gasteiger partial charge in [-0.2, -0.15) is 0 Å². The van der Waals surface area contributed by atoms with Crippen LogP contribution in [-0.2, 0) is 11.3 Å². The SMILES string of the molecule is COc1ccc2c(c1)CN1C(=O)CC[C@@H]1CS2. The molecule has 1 atom stereocenters. The average molecular weight is 249 g/mol. The number of hydrogen-bond donors (Lipinski definition) is 0. The van der Waals surface area contributed by atoms with Gasteiger partial charge in [-0.05, 0) is 30.2 Å². The van der Waals surface area contributed by atoms with E-state index in [1.807, 2.05) is 22.7 Å². The van der Waals surface area contributed by atoms with Gasteiger partial charge in [0, 0.05) is 29.7 Å². The molecule has 0 saturated carbocycles. The Morgan fingerprint density at radius 1 is 1.47 bits per heavy atom. The molecule has 4 heteroatoms. The predicted octanol–water partition coefficient (Wildman–Crippen LogP) is 2.29. The lowest BCUT2D eigenvalue weighted by atomic mass is 10.2. The summed E-state index contributed by atoms with van der Waals surface area (Å²) in [6.45, 7) is 0.739. The molecule has 2 heterocycles. The number of hydrogen-bond acceptors (Lipinski definition) is 3. The molecule has 1 amide bonds. The van der Waals surface area contributed by atoms with Crippen LogP contribution >= 0.6 is 11.8 Å². The molecular formula is C13H15NO2S. The van der Waals surface area contributed by atoms with E-state index in [-0.39, 0.29) is 0 Å². The lowest BCUT2D eigenvalue weighted by molar-refractivity contribution is -0.129. The van der Waals surface area contributed by atoms with Crippen LogP contribution in [0.5, 0.6) is 5.75 Å². The van der Waals surface area contributed by atoms with Crippen LogP contribution in [0.15, 0.2) is 23.1 Å². The summed E-state index contributed by atoms with van der Waals surface area (Å²) >= 11 is 1.86. The number of nitrogens with zero attached hydrogens (tertiary/aromatic N) is 1. The van der Waals surface area contributed by atoms with Crippen molar-refractivity contribution < 1.29 is 9.53 Å². The summed E-state index contributed by atoms with van der Waals surface area (Å²) in [5.74, 6) is 2.19. The van der Waals surface area contributed by atoms with Crippen LogP contribution in [0.4, 0.5) is 0 Å². The van der Waals surface area contributed by atoms with E-state index in [4.69, 9.17) is 4.74 Å². The van der Waals surface area contributed by atoms with Crippen molar-refractivity contribution in [2.75, 3.05) is 12.9 Å². The molecule has 0 bridgehead atoms. The fourth-order valence-electron chi connectivity index (χ4n) is 2.50. The molecule has 0 spiro atoms. The summed E-state index contributed by atoms with van der Waals surface area (Å²) < 4.78 is 5.25. The van der Waals surface area contributed by atoms with Gasteiger partial charge in [-0.25, -0.2) is 0 Å². The molecule has 2 aliphatic rings. The third kappa shape index (κ3) is 1.90. The zero-order valence-corrected chi connectivity index (χ0v) is 10.6. The Labute approximate surface area is 105 Å². The minimum Gasteiger partial charge on any atom is -0.497 e. The van der Waals surface area contributed by atoms with Crippen LogP contribution in [0.1, 0.15) is 18.4 Å². The first-order valence-corrected chi connectivity index (χ1v) is 6.85. The van der Waals surface area contributed by atoms with Gasteiger partial charge < -0.3 is 9.64 Å². The number of ether oxygens (including phenoxy) is 1. The molecule has 1 saturated heterocycles. The van der Waals surface area contributed by atoms with Gasteiger partial charge in [0.15, 0.2) is 0 Å². The van der Waals surface area contributed by atoms with Crippen molar-refractivity contribution in [2.24, 2.45) is 0 Å². The van der Waals surface area contributed by atoms with Gasteiger partial charge in [0.05, 0.1) is 7.11 Å². The van der Waals surface area contributed by atoms with Crippen molar-refractivity contribution >= 4 is 17.7 Å². The molecule has 0 unspecified atom stereocenters. The van der Waals surface area contributed by atoms with Crippen LogP contribution in [0.2, 0.25) is 0 Å². The first kappa shape index (κ1) is 11.0. The van der Waals surface area contributed by atoms with Gasteiger partial charge in [0.2, 0.25) is 5.91 Å². The van der Waals surface area contributed by atoms with Crippen LogP contribution in [0.3, 0.4) is 0 Å². The van der Waals surface area contributed by atoms with Crippen LogP contribution < -0.4 is 4.74 Å². The Bertz CT molecular complexity index is 461. The molecule has 1 fully saturated rings. The molecule has 0 N–H and O–H groups in total. The highest BCUT2D eigenvalue weighted by molar-refractivity contribution is 7.99. The second-order valence-electron chi connectivity index (χ2n) is 4.50. The molecule has 2 aliphatic heterocycles. The van der Waals surface area contributed by atoms with Crippen molar-refractivity contribution in [2.45, 2.75) is 30.3 Å². The summed E-state index contributed by atoms with van der Waals surface area (Å²) in [5.41, 5.74) is 1.21. The molecule has 17 heavy (non-hydrogen) atoms. The van der Waals surface area contributed by atoms with E-state index >= 15 is 0 Å². The first-order chi connectivity index (χ1) is 8.28. The lowest BCUT2D eigenvalue weighted by Gasteiger charge is -2.21. The smallest absolute Gasteiger partial charge is 0.223 e. The highest BCUT2D eigenvalue weighted by Gasteiger charge is 2.33. The molecule has 0 radical (unpaired) electrons. The number of carbonyl (C=O) groups is 1. The van der Waals surface area contributed by atoms with Crippen LogP contribution in [-0.4, -0.2) is 29.7 Å². The van der Waals surface area contributed by atoms with Crippen LogP contribution in [0.25, 0.3) is 0 Å². The molecule has 1 aromatic carbocycles. The Kier molecular flexibility index (Phi) is 2.74. The van der Waals surface area contributed by atoms with Crippen molar-refractivity contribution in [1.82, 2.24) is 4.90 Å². The van der Waals surface area contributed by atoms with Gasteiger partial charge in [-0.1, -0.05) is 0 Å². The molecule has 90 valence electrons. The molecule has 0 aromatic heterocycles. The molecular weight excluding hydrogens is 234 g/mol. The van der Waals surface area contributed by atoms with Crippen molar-refractivity contribution in [3.8, 4) is 5.75 Å². The third-order valence-corrected chi connectivity index (χ3v) is 4.75. The van der Waals surface area contributed by atoms with Gasteiger partial charge in [0.25, 0.3) is 0 Å². The number of fused-ring (bicyclic) bond motifs is 2. The maximum absolute atomic E-state index is 11.8. The number of rotatable bonds is 1. The summed E-state index contributed by atoms with van der Waals surface area (Å²) in [6.07, 6.45) is 1.72. The van der Waals surface area contributed by atoms with E-state index in [0.717, 1.165) is 24.5 Å². The summed E-state index contributed by atoms with van der Waals surface area (Å²) in [4.78, 5) is 15.1. The monoisotopic (exact) mass is 249 g/mol. The minimum absolute atomic E-state index is 0.297. The fraction of sp³-hybridized carbons (Fsp3) is 0.462. The zero-order chi connectivity index (χ0) is 11.8. The van der Waals surface area contributed by atoms with E-state index in [2.05, 4.69) is 12.1 Å². The number of carbonyl (C=O) groups excluding carboxylic acids is 1. The second-order valence-corrected chi connectivity index (χ2v) is 5.56. The number of methoxy groups -OCH3 is 1. The quantitative estimate of drug-likeness (QED) is 0.765. The summed E-state index contributed by atoms with van der Waals surface area (Å²) in [7, 11) is 1.68. The van der Waals surface area contributed by atoms with E-state index < -0.39 is 0 Å². The first-order valence-electron chi connectivity index (χ1n) is 5.87. The number of amides is 1. The summed E-state index contributed by atoms with van der Waals surface area (Å²) in [5, 5.41) is 0. The van der Waals surface area contributed by atoms with Gasteiger partial charge in [-0.15, -0.1) is 11.8 Å².